The quantitative estimate of drug-likeness (QED) is 0.460. The van der Waals surface area contributed by atoms with Gasteiger partial charge in [-0.3, -0.25) is 9.59 Å². The molecule has 1 aromatic carbocycles. The molecular weight excluding hydrogens is 426 g/mol. The highest BCUT2D eigenvalue weighted by Gasteiger charge is 2.43. The van der Waals surface area contributed by atoms with Crippen LogP contribution in [0.5, 0.6) is 0 Å². The number of alkyl carbamates (subject to hydrolysis) is 1. The summed E-state index contributed by atoms with van der Waals surface area (Å²) in [5, 5.41) is 5.69. The van der Waals surface area contributed by atoms with Crippen molar-refractivity contribution >= 4 is 30.5 Å². The van der Waals surface area contributed by atoms with Gasteiger partial charge in [0.05, 0.1) is 0 Å². The number of hydrogen-bond acceptors (Lipinski definition) is 5. The molecule has 1 aliphatic rings. The predicted molar refractivity (Wildman–Crippen MR) is 129 cm³/mol. The summed E-state index contributed by atoms with van der Waals surface area (Å²) in [5.41, 5.74) is 0.0518. The van der Waals surface area contributed by atoms with E-state index in [2.05, 4.69) is 30.2 Å². The normalized spacial score (nSPS) is 16.4. The van der Waals surface area contributed by atoms with Gasteiger partial charge in [0.2, 0.25) is 11.8 Å². The molecule has 2 rings (SSSR count). The van der Waals surface area contributed by atoms with Crippen molar-refractivity contribution in [2.45, 2.75) is 90.1 Å². The van der Waals surface area contributed by atoms with Crippen molar-refractivity contribution in [3.63, 3.8) is 0 Å². The second-order valence-corrected chi connectivity index (χ2v) is 9.73. The van der Waals surface area contributed by atoms with E-state index in [4.69, 9.17) is 4.74 Å². The zero-order chi connectivity index (χ0) is 23.9. The Morgan fingerprint density at radius 1 is 1.16 bits per heavy atom. The van der Waals surface area contributed by atoms with Gasteiger partial charge in [0, 0.05) is 17.8 Å². The number of carbonyl (C=O) groups is 3. The molecule has 3 atom stereocenters. The Balaban J connectivity index is 2.31. The molecule has 0 aromatic heterocycles. The van der Waals surface area contributed by atoms with Gasteiger partial charge in [-0.05, 0) is 52.5 Å². The summed E-state index contributed by atoms with van der Waals surface area (Å²) in [6, 6.07) is 7.56. The monoisotopic (exact) mass is 463 g/mol. The van der Waals surface area contributed by atoms with E-state index in [-0.39, 0.29) is 29.7 Å². The summed E-state index contributed by atoms with van der Waals surface area (Å²) >= 11 is 4.30. The molecule has 3 unspecified atom stereocenters. The van der Waals surface area contributed by atoms with Gasteiger partial charge in [0.15, 0.2) is 0 Å². The minimum absolute atomic E-state index is 0.00423. The summed E-state index contributed by atoms with van der Waals surface area (Å²) in [5.74, 6) is -0.454. The SMILES string of the molecule is CCCC(C)NC(=O)C(c1ccccc1)N(C(=O)C(CS)NC(=O)OC(C)(C)C)C1CC1. The zero-order valence-corrected chi connectivity index (χ0v) is 20.7. The van der Waals surface area contributed by atoms with Crippen molar-refractivity contribution in [1.29, 1.82) is 0 Å². The lowest BCUT2D eigenvalue weighted by Gasteiger charge is -2.35. The summed E-state index contributed by atoms with van der Waals surface area (Å²) in [6.07, 6.45) is 2.75. The topological polar surface area (TPSA) is 87.7 Å². The third-order valence-electron chi connectivity index (χ3n) is 5.12. The second kappa shape index (κ2) is 11.6. The minimum Gasteiger partial charge on any atom is -0.444 e. The number of rotatable bonds is 10. The predicted octanol–water partition coefficient (Wildman–Crippen LogP) is 3.85. The molecule has 0 bridgehead atoms. The highest BCUT2D eigenvalue weighted by Crippen LogP contribution is 2.35. The van der Waals surface area contributed by atoms with Crippen LogP contribution in [0.1, 0.15) is 71.9 Å². The Morgan fingerprint density at radius 2 is 1.78 bits per heavy atom. The molecular formula is C24H37N3O4S. The summed E-state index contributed by atoms with van der Waals surface area (Å²) < 4.78 is 5.31. The molecule has 0 heterocycles. The van der Waals surface area contributed by atoms with Crippen molar-refractivity contribution in [3.05, 3.63) is 35.9 Å². The van der Waals surface area contributed by atoms with E-state index in [1.54, 1.807) is 25.7 Å². The van der Waals surface area contributed by atoms with E-state index in [1.807, 2.05) is 37.3 Å². The molecule has 2 N–H and O–H groups in total. The fourth-order valence-electron chi connectivity index (χ4n) is 3.59. The van der Waals surface area contributed by atoms with Crippen LogP contribution in [0.4, 0.5) is 4.79 Å². The van der Waals surface area contributed by atoms with Crippen molar-refractivity contribution in [3.8, 4) is 0 Å². The van der Waals surface area contributed by atoms with Gasteiger partial charge in [-0.1, -0.05) is 43.7 Å². The average Bonchev–Trinajstić information content (AvgIpc) is 3.54. The third-order valence-corrected chi connectivity index (χ3v) is 5.48. The van der Waals surface area contributed by atoms with Gasteiger partial charge < -0.3 is 20.3 Å². The van der Waals surface area contributed by atoms with Crippen molar-refractivity contribution in [1.82, 2.24) is 15.5 Å². The Hall–Kier alpha value is -2.22. The number of hydrogen-bond donors (Lipinski definition) is 3. The largest absolute Gasteiger partial charge is 0.444 e. The molecule has 1 aliphatic carbocycles. The van der Waals surface area contributed by atoms with E-state index < -0.39 is 23.8 Å². The van der Waals surface area contributed by atoms with E-state index in [0.29, 0.717) is 0 Å². The van der Waals surface area contributed by atoms with Gasteiger partial charge in [-0.15, -0.1) is 0 Å². The highest BCUT2D eigenvalue weighted by molar-refractivity contribution is 7.80. The van der Waals surface area contributed by atoms with Gasteiger partial charge in [0.1, 0.15) is 17.7 Å². The molecule has 0 aliphatic heterocycles. The van der Waals surface area contributed by atoms with Crippen LogP contribution in [0.3, 0.4) is 0 Å². The molecule has 0 radical (unpaired) electrons. The summed E-state index contributed by atoms with van der Waals surface area (Å²) in [7, 11) is 0. The number of ether oxygens (including phenoxy) is 1. The number of thiol groups is 1. The molecule has 0 saturated heterocycles. The molecule has 1 saturated carbocycles. The average molecular weight is 464 g/mol. The fourth-order valence-corrected chi connectivity index (χ4v) is 3.83. The lowest BCUT2D eigenvalue weighted by atomic mass is 10.0. The fraction of sp³-hybridized carbons (Fsp3) is 0.625. The number of benzene rings is 1. The third kappa shape index (κ3) is 7.73. The van der Waals surface area contributed by atoms with Crippen molar-refractivity contribution < 1.29 is 19.1 Å². The number of nitrogens with one attached hydrogen (secondary N) is 2. The standard InChI is InChI=1S/C24H37N3O4S/c1-6-10-16(2)25-21(28)20(17-11-8-7-9-12-17)27(18-13-14-18)22(29)19(15-32)26-23(30)31-24(3,4)5/h7-9,11-12,16,18-20,32H,6,10,13-15H2,1-5H3,(H,25,28)(H,26,30). The molecule has 32 heavy (non-hydrogen) atoms. The second-order valence-electron chi connectivity index (χ2n) is 9.37. The molecule has 7 nitrogen and oxygen atoms in total. The van der Waals surface area contributed by atoms with Crippen LogP contribution in [0, 0.1) is 0 Å². The molecule has 1 fully saturated rings. The van der Waals surface area contributed by atoms with E-state index in [1.165, 1.54) is 0 Å². The molecule has 178 valence electrons. The van der Waals surface area contributed by atoms with Crippen LogP contribution in [-0.4, -0.2) is 52.3 Å². The zero-order valence-electron chi connectivity index (χ0n) is 19.8. The number of carbonyl (C=O) groups excluding carboxylic acids is 3. The summed E-state index contributed by atoms with van der Waals surface area (Å²) in [4.78, 5) is 40.9. The highest BCUT2D eigenvalue weighted by atomic mass is 32.1. The van der Waals surface area contributed by atoms with E-state index in [0.717, 1.165) is 31.2 Å². The molecule has 8 heteroatoms. The minimum atomic E-state index is -0.902. The van der Waals surface area contributed by atoms with Gasteiger partial charge >= 0.3 is 6.09 Å². The first-order valence-electron chi connectivity index (χ1n) is 11.3. The molecule has 0 spiro atoms. The van der Waals surface area contributed by atoms with E-state index in [9.17, 15) is 14.4 Å². The number of amides is 3. The Bertz CT molecular complexity index is 777. The van der Waals surface area contributed by atoms with Crippen molar-refractivity contribution in [2.24, 2.45) is 0 Å². The van der Waals surface area contributed by atoms with Crippen molar-refractivity contribution in [2.75, 3.05) is 5.75 Å². The van der Waals surface area contributed by atoms with Crippen LogP contribution in [0.15, 0.2) is 30.3 Å². The maximum Gasteiger partial charge on any atom is 0.408 e. The van der Waals surface area contributed by atoms with Gasteiger partial charge in [0.25, 0.3) is 0 Å². The van der Waals surface area contributed by atoms with Gasteiger partial charge in [-0.2, -0.15) is 12.6 Å². The number of nitrogens with zero attached hydrogens (tertiary/aromatic N) is 1. The maximum atomic E-state index is 13.6. The first-order chi connectivity index (χ1) is 15.1. The first-order valence-corrected chi connectivity index (χ1v) is 12.0. The lowest BCUT2D eigenvalue weighted by molar-refractivity contribution is -0.143. The van der Waals surface area contributed by atoms with Crippen LogP contribution in [-0.2, 0) is 14.3 Å². The lowest BCUT2D eigenvalue weighted by Crippen LogP contribution is -2.55. The van der Waals surface area contributed by atoms with E-state index >= 15 is 0 Å². The smallest absolute Gasteiger partial charge is 0.408 e. The van der Waals surface area contributed by atoms with Crippen LogP contribution in [0.2, 0.25) is 0 Å². The van der Waals surface area contributed by atoms with Crippen LogP contribution >= 0.6 is 12.6 Å². The maximum absolute atomic E-state index is 13.6. The first kappa shape index (κ1) is 26.0. The van der Waals surface area contributed by atoms with Crippen LogP contribution < -0.4 is 10.6 Å². The Morgan fingerprint density at radius 3 is 2.28 bits per heavy atom. The Kier molecular flexibility index (Phi) is 9.43. The molecule has 3 amide bonds. The molecule has 1 aromatic rings. The van der Waals surface area contributed by atoms with Crippen LogP contribution in [0.25, 0.3) is 0 Å². The van der Waals surface area contributed by atoms with Gasteiger partial charge in [-0.25, -0.2) is 4.79 Å². The Labute approximate surface area is 197 Å². The summed E-state index contributed by atoms with van der Waals surface area (Å²) in [6.45, 7) is 9.31.